The van der Waals surface area contributed by atoms with E-state index in [1.165, 1.54) is 22.4 Å². The van der Waals surface area contributed by atoms with Crippen LogP contribution in [-0.2, 0) is 17.9 Å². The minimum atomic E-state index is 0.597. The summed E-state index contributed by atoms with van der Waals surface area (Å²) in [5.41, 5.74) is 6.09. The Balaban J connectivity index is 1.27. The van der Waals surface area contributed by atoms with Crippen molar-refractivity contribution in [3.63, 3.8) is 0 Å². The van der Waals surface area contributed by atoms with Crippen LogP contribution in [0, 0.1) is 6.92 Å². The molecule has 0 saturated carbocycles. The van der Waals surface area contributed by atoms with Crippen LogP contribution < -0.4 is 15.0 Å². The van der Waals surface area contributed by atoms with Gasteiger partial charge in [-0.15, -0.1) is 0 Å². The number of morpholine rings is 1. The van der Waals surface area contributed by atoms with Crippen molar-refractivity contribution >= 4 is 11.4 Å². The molecule has 1 N–H and O–H groups in total. The average Bonchev–Trinajstić information content (AvgIpc) is 2.79. The third kappa shape index (κ3) is 5.30. The Bertz CT molecular complexity index is 901. The molecule has 0 bridgehead atoms. The highest BCUT2D eigenvalue weighted by Gasteiger charge is 2.10. The number of nitrogens with one attached hydrogen (secondary N) is 1. The summed E-state index contributed by atoms with van der Waals surface area (Å²) in [6.07, 6.45) is 0. The fourth-order valence-electron chi connectivity index (χ4n) is 3.45. The van der Waals surface area contributed by atoms with E-state index in [4.69, 9.17) is 9.47 Å². The Kier molecular flexibility index (Phi) is 6.32. The molecule has 0 spiro atoms. The van der Waals surface area contributed by atoms with Gasteiger partial charge in [0, 0.05) is 31.0 Å². The van der Waals surface area contributed by atoms with Crippen molar-refractivity contribution in [3.8, 4) is 5.75 Å². The molecule has 0 amide bonds. The first kappa shape index (κ1) is 19.3. The Labute approximate surface area is 173 Å². The van der Waals surface area contributed by atoms with E-state index in [0.29, 0.717) is 6.61 Å². The van der Waals surface area contributed by atoms with E-state index in [-0.39, 0.29) is 0 Å². The minimum Gasteiger partial charge on any atom is -0.489 e. The van der Waals surface area contributed by atoms with Crippen LogP contribution in [0.3, 0.4) is 0 Å². The molecular formula is C25H28N2O2. The molecule has 1 aliphatic rings. The maximum absolute atomic E-state index is 5.93. The predicted octanol–water partition coefficient (Wildman–Crippen LogP) is 5.02. The summed E-state index contributed by atoms with van der Waals surface area (Å²) in [5.74, 6) is 0.895. The Morgan fingerprint density at radius 3 is 2.34 bits per heavy atom. The minimum absolute atomic E-state index is 0.597. The summed E-state index contributed by atoms with van der Waals surface area (Å²) in [7, 11) is 0. The van der Waals surface area contributed by atoms with Gasteiger partial charge >= 0.3 is 0 Å². The number of nitrogens with zero attached hydrogens (tertiary/aromatic N) is 1. The zero-order valence-electron chi connectivity index (χ0n) is 16.9. The van der Waals surface area contributed by atoms with Crippen molar-refractivity contribution in [1.29, 1.82) is 0 Å². The van der Waals surface area contributed by atoms with Crippen LogP contribution in [-0.4, -0.2) is 26.3 Å². The highest BCUT2D eigenvalue weighted by atomic mass is 16.5. The molecule has 0 aliphatic carbocycles. The van der Waals surface area contributed by atoms with Gasteiger partial charge in [-0.25, -0.2) is 0 Å². The molecule has 4 nitrogen and oxygen atoms in total. The molecule has 0 atom stereocenters. The molecule has 150 valence electrons. The van der Waals surface area contributed by atoms with Gasteiger partial charge in [-0.2, -0.15) is 0 Å². The largest absolute Gasteiger partial charge is 0.489 e. The SMILES string of the molecule is Cc1ccccc1COc1ccc(CNc2ccc(N3CCOCC3)cc2)cc1. The highest BCUT2D eigenvalue weighted by molar-refractivity contribution is 5.55. The summed E-state index contributed by atoms with van der Waals surface area (Å²) < 4.78 is 11.3. The lowest BCUT2D eigenvalue weighted by Gasteiger charge is -2.28. The molecule has 0 radical (unpaired) electrons. The number of anilines is 2. The fraction of sp³-hybridized carbons (Fsp3) is 0.280. The number of ether oxygens (including phenoxy) is 2. The average molecular weight is 389 g/mol. The van der Waals surface area contributed by atoms with E-state index < -0.39 is 0 Å². The number of hydrogen-bond acceptors (Lipinski definition) is 4. The van der Waals surface area contributed by atoms with Crippen LogP contribution in [0.1, 0.15) is 16.7 Å². The zero-order valence-corrected chi connectivity index (χ0v) is 16.9. The Hall–Kier alpha value is -2.98. The van der Waals surface area contributed by atoms with Gasteiger partial charge in [0.1, 0.15) is 12.4 Å². The Morgan fingerprint density at radius 2 is 1.62 bits per heavy atom. The monoisotopic (exact) mass is 388 g/mol. The van der Waals surface area contributed by atoms with Gasteiger partial charge in [-0.05, 0) is 60.0 Å². The fourth-order valence-corrected chi connectivity index (χ4v) is 3.45. The van der Waals surface area contributed by atoms with Crippen molar-refractivity contribution in [2.24, 2.45) is 0 Å². The number of rotatable bonds is 7. The van der Waals surface area contributed by atoms with Gasteiger partial charge in [-0.1, -0.05) is 36.4 Å². The first-order valence-corrected chi connectivity index (χ1v) is 10.2. The second kappa shape index (κ2) is 9.48. The van der Waals surface area contributed by atoms with Gasteiger partial charge in [0.2, 0.25) is 0 Å². The second-order valence-corrected chi connectivity index (χ2v) is 7.36. The summed E-state index contributed by atoms with van der Waals surface area (Å²) >= 11 is 0. The molecule has 1 heterocycles. The van der Waals surface area contributed by atoms with Crippen LogP contribution >= 0.6 is 0 Å². The number of aryl methyl sites for hydroxylation is 1. The molecule has 3 aromatic rings. The summed E-state index contributed by atoms with van der Waals surface area (Å²) in [6, 6.07) is 25.3. The predicted molar refractivity (Wildman–Crippen MR) is 119 cm³/mol. The number of hydrogen-bond donors (Lipinski definition) is 1. The van der Waals surface area contributed by atoms with E-state index >= 15 is 0 Å². The molecular weight excluding hydrogens is 360 g/mol. The van der Waals surface area contributed by atoms with Crippen molar-refractivity contribution < 1.29 is 9.47 Å². The van der Waals surface area contributed by atoms with Crippen LogP contribution in [0.4, 0.5) is 11.4 Å². The molecule has 3 aromatic carbocycles. The lowest BCUT2D eigenvalue weighted by molar-refractivity contribution is 0.122. The van der Waals surface area contributed by atoms with E-state index in [0.717, 1.165) is 44.3 Å². The smallest absolute Gasteiger partial charge is 0.119 e. The molecule has 0 unspecified atom stereocenters. The number of benzene rings is 3. The van der Waals surface area contributed by atoms with Crippen LogP contribution in [0.15, 0.2) is 72.8 Å². The maximum Gasteiger partial charge on any atom is 0.119 e. The van der Waals surface area contributed by atoms with Crippen LogP contribution in [0.25, 0.3) is 0 Å². The summed E-state index contributed by atoms with van der Waals surface area (Å²) in [6.45, 7) is 7.04. The topological polar surface area (TPSA) is 33.7 Å². The third-order valence-electron chi connectivity index (χ3n) is 5.32. The summed E-state index contributed by atoms with van der Waals surface area (Å²) in [5, 5.41) is 3.49. The first-order chi connectivity index (χ1) is 14.3. The van der Waals surface area contributed by atoms with Gasteiger partial charge in [0.25, 0.3) is 0 Å². The maximum atomic E-state index is 5.93. The molecule has 1 fully saturated rings. The molecule has 29 heavy (non-hydrogen) atoms. The van der Waals surface area contributed by atoms with E-state index in [1.807, 2.05) is 18.2 Å². The lowest BCUT2D eigenvalue weighted by Crippen LogP contribution is -2.36. The van der Waals surface area contributed by atoms with Gasteiger partial charge < -0.3 is 19.7 Å². The van der Waals surface area contributed by atoms with Crippen LogP contribution in [0.2, 0.25) is 0 Å². The zero-order chi connectivity index (χ0) is 19.9. The molecule has 1 saturated heterocycles. The van der Waals surface area contributed by atoms with Crippen molar-refractivity contribution in [2.75, 3.05) is 36.5 Å². The van der Waals surface area contributed by atoms with Gasteiger partial charge in [0.15, 0.2) is 0 Å². The molecule has 1 aliphatic heterocycles. The first-order valence-electron chi connectivity index (χ1n) is 10.2. The second-order valence-electron chi connectivity index (χ2n) is 7.36. The van der Waals surface area contributed by atoms with Gasteiger partial charge in [-0.3, -0.25) is 0 Å². The normalized spacial score (nSPS) is 13.9. The summed E-state index contributed by atoms with van der Waals surface area (Å²) in [4.78, 5) is 2.36. The van der Waals surface area contributed by atoms with E-state index in [9.17, 15) is 0 Å². The molecule has 0 aromatic heterocycles. The quantitative estimate of drug-likeness (QED) is 0.616. The van der Waals surface area contributed by atoms with Crippen molar-refractivity contribution in [1.82, 2.24) is 0 Å². The highest BCUT2D eigenvalue weighted by Crippen LogP contribution is 2.20. The third-order valence-corrected chi connectivity index (χ3v) is 5.32. The van der Waals surface area contributed by atoms with Crippen molar-refractivity contribution in [3.05, 3.63) is 89.5 Å². The molecule has 4 heteroatoms. The molecule has 4 rings (SSSR count). The van der Waals surface area contributed by atoms with Crippen molar-refractivity contribution in [2.45, 2.75) is 20.1 Å². The van der Waals surface area contributed by atoms with E-state index in [2.05, 4.69) is 71.7 Å². The van der Waals surface area contributed by atoms with Gasteiger partial charge in [0.05, 0.1) is 13.2 Å². The standard InChI is InChI=1S/C25H28N2O2/c1-20-4-2-3-5-22(20)19-29-25-12-6-21(7-13-25)18-26-23-8-10-24(11-9-23)27-14-16-28-17-15-27/h2-13,26H,14-19H2,1H3. The van der Waals surface area contributed by atoms with E-state index in [1.54, 1.807) is 0 Å². The van der Waals surface area contributed by atoms with Crippen LogP contribution in [0.5, 0.6) is 5.75 Å². The Morgan fingerprint density at radius 1 is 0.897 bits per heavy atom. The lowest BCUT2D eigenvalue weighted by atomic mass is 10.1.